The van der Waals surface area contributed by atoms with Gasteiger partial charge in [-0.1, -0.05) is 29.8 Å². The van der Waals surface area contributed by atoms with Crippen molar-refractivity contribution in [3.8, 4) is 5.75 Å². The number of rotatable bonds is 5. The Morgan fingerprint density at radius 1 is 0.960 bits per heavy atom. The van der Waals surface area contributed by atoms with Gasteiger partial charge in [-0.25, -0.2) is 0 Å². The van der Waals surface area contributed by atoms with Crippen molar-refractivity contribution in [1.29, 1.82) is 0 Å². The highest BCUT2D eigenvalue weighted by Gasteiger charge is 2.11. The number of nitrogens with zero attached hydrogens (tertiary/aromatic N) is 2. The predicted octanol–water partition coefficient (Wildman–Crippen LogP) is 3.79. The Morgan fingerprint density at radius 2 is 1.72 bits per heavy atom. The Morgan fingerprint density at radius 3 is 2.40 bits per heavy atom. The van der Waals surface area contributed by atoms with Gasteiger partial charge < -0.3 is 15.4 Å². The van der Waals surface area contributed by atoms with Gasteiger partial charge in [0.05, 0.1) is 12.8 Å². The van der Waals surface area contributed by atoms with Crippen LogP contribution >= 0.6 is 0 Å². The Labute approximate surface area is 145 Å². The first-order chi connectivity index (χ1) is 12.2. The van der Waals surface area contributed by atoms with Crippen LogP contribution in [0, 0.1) is 6.92 Å². The van der Waals surface area contributed by atoms with E-state index >= 15 is 0 Å². The second-order valence-corrected chi connectivity index (χ2v) is 5.45. The van der Waals surface area contributed by atoms with Gasteiger partial charge in [0.25, 0.3) is 5.91 Å². The van der Waals surface area contributed by atoms with Crippen molar-refractivity contribution in [3.63, 3.8) is 0 Å². The van der Waals surface area contributed by atoms with Crippen LogP contribution in [0.15, 0.2) is 60.7 Å². The monoisotopic (exact) mass is 334 g/mol. The first-order valence-corrected chi connectivity index (χ1v) is 7.77. The number of para-hydroxylation sites is 2. The number of anilines is 3. The van der Waals surface area contributed by atoms with Gasteiger partial charge in [-0.05, 0) is 43.3 Å². The number of methoxy groups -OCH3 is 1. The van der Waals surface area contributed by atoms with E-state index in [1.54, 1.807) is 31.4 Å². The number of carbonyl (C=O) groups is 1. The maximum atomic E-state index is 12.3. The lowest BCUT2D eigenvalue weighted by atomic mass is 10.2. The van der Waals surface area contributed by atoms with E-state index in [0.717, 1.165) is 5.69 Å². The van der Waals surface area contributed by atoms with E-state index in [-0.39, 0.29) is 11.6 Å². The molecule has 0 unspecified atom stereocenters. The minimum atomic E-state index is -0.348. The van der Waals surface area contributed by atoms with E-state index in [1.165, 1.54) is 5.56 Å². The molecule has 3 aromatic rings. The van der Waals surface area contributed by atoms with Gasteiger partial charge in [0, 0.05) is 5.69 Å². The summed E-state index contributed by atoms with van der Waals surface area (Å²) in [4.78, 5) is 12.3. The predicted molar refractivity (Wildman–Crippen MR) is 97.4 cm³/mol. The summed E-state index contributed by atoms with van der Waals surface area (Å²) >= 11 is 0. The van der Waals surface area contributed by atoms with Crippen LogP contribution in [0.4, 0.5) is 17.2 Å². The molecule has 0 aliphatic rings. The Balaban J connectivity index is 1.69. The second-order valence-electron chi connectivity index (χ2n) is 5.45. The van der Waals surface area contributed by atoms with Crippen molar-refractivity contribution in [2.24, 2.45) is 0 Å². The highest BCUT2D eigenvalue weighted by molar-refractivity contribution is 6.03. The van der Waals surface area contributed by atoms with Crippen LogP contribution in [0.3, 0.4) is 0 Å². The fraction of sp³-hybridized carbons (Fsp3) is 0.105. The van der Waals surface area contributed by atoms with Crippen LogP contribution in [-0.2, 0) is 0 Å². The second kappa shape index (κ2) is 7.44. The summed E-state index contributed by atoms with van der Waals surface area (Å²) in [6.07, 6.45) is 0. The molecule has 1 heterocycles. The number of amides is 1. The molecule has 0 saturated carbocycles. The molecular weight excluding hydrogens is 316 g/mol. The minimum absolute atomic E-state index is 0.223. The van der Waals surface area contributed by atoms with Crippen LogP contribution < -0.4 is 15.4 Å². The molecule has 3 rings (SSSR count). The fourth-order valence-corrected chi connectivity index (χ4v) is 2.24. The van der Waals surface area contributed by atoms with Crippen LogP contribution in [0.25, 0.3) is 0 Å². The molecule has 25 heavy (non-hydrogen) atoms. The molecular formula is C19H18N4O2. The molecule has 1 aromatic heterocycles. The average Bonchev–Trinajstić information content (AvgIpc) is 2.64. The lowest BCUT2D eigenvalue weighted by Gasteiger charge is -2.09. The van der Waals surface area contributed by atoms with E-state index in [2.05, 4.69) is 20.8 Å². The molecule has 0 aliphatic carbocycles. The van der Waals surface area contributed by atoms with Crippen LogP contribution in [0.5, 0.6) is 5.75 Å². The van der Waals surface area contributed by atoms with Crippen molar-refractivity contribution in [2.45, 2.75) is 6.92 Å². The van der Waals surface area contributed by atoms with Gasteiger partial charge in [0.1, 0.15) is 5.75 Å². The summed E-state index contributed by atoms with van der Waals surface area (Å²) in [5.41, 5.74) is 2.89. The van der Waals surface area contributed by atoms with Crippen molar-refractivity contribution in [1.82, 2.24) is 10.2 Å². The fourth-order valence-electron chi connectivity index (χ4n) is 2.24. The molecule has 6 heteroatoms. The lowest BCUT2D eigenvalue weighted by molar-refractivity contribution is 0.102. The topological polar surface area (TPSA) is 76.1 Å². The third kappa shape index (κ3) is 4.11. The largest absolute Gasteiger partial charge is 0.495 e. The number of carbonyl (C=O) groups excluding carboxylic acids is 1. The summed E-state index contributed by atoms with van der Waals surface area (Å²) in [5.74, 6) is 0.804. The number of hydrogen-bond donors (Lipinski definition) is 2. The third-order valence-corrected chi connectivity index (χ3v) is 3.58. The first-order valence-electron chi connectivity index (χ1n) is 7.77. The molecule has 0 spiro atoms. The number of nitrogens with one attached hydrogen (secondary N) is 2. The van der Waals surface area contributed by atoms with E-state index in [9.17, 15) is 4.79 Å². The number of benzene rings is 2. The Bertz CT molecular complexity index is 861. The number of hydrogen-bond acceptors (Lipinski definition) is 5. The van der Waals surface area contributed by atoms with Gasteiger partial charge in [-0.3, -0.25) is 4.79 Å². The number of ether oxygens (including phenoxy) is 1. The molecule has 0 atom stereocenters. The molecule has 0 radical (unpaired) electrons. The lowest BCUT2D eigenvalue weighted by Crippen LogP contribution is -2.15. The van der Waals surface area contributed by atoms with E-state index in [0.29, 0.717) is 17.3 Å². The maximum Gasteiger partial charge on any atom is 0.276 e. The standard InChI is InChI=1S/C19H18N4O2/c1-13-7-9-14(10-8-13)20-18-12-11-16(22-23-18)19(24)21-15-5-3-4-6-17(15)25-2/h3-12H,1-2H3,(H,20,23)(H,21,24). The normalized spacial score (nSPS) is 10.2. The van der Waals surface area contributed by atoms with Gasteiger partial charge in [0.15, 0.2) is 11.5 Å². The van der Waals surface area contributed by atoms with Crippen molar-refractivity contribution >= 4 is 23.1 Å². The van der Waals surface area contributed by atoms with Crippen LogP contribution in [-0.4, -0.2) is 23.2 Å². The van der Waals surface area contributed by atoms with Crippen molar-refractivity contribution in [3.05, 3.63) is 71.9 Å². The van der Waals surface area contributed by atoms with E-state index < -0.39 is 0 Å². The molecule has 1 amide bonds. The zero-order chi connectivity index (χ0) is 17.6. The Hall–Kier alpha value is -3.41. The number of aromatic nitrogens is 2. The zero-order valence-corrected chi connectivity index (χ0v) is 14.0. The third-order valence-electron chi connectivity index (χ3n) is 3.58. The molecule has 126 valence electrons. The molecule has 0 aliphatic heterocycles. The van der Waals surface area contributed by atoms with Gasteiger partial charge in [0.2, 0.25) is 0 Å². The van der Waals surface area contributed by atoms with E-state index in [1.807, 2.05) is 43.3 Å². The maximum absolute atomic E-state index is 12.3. The average molecular weight is 334 g/mol. The molecule has 0 bridgehead atoms. The van der Waals surface area contributed by atoms with Crippen molar-refractivity contribution in [2.75, 3.05) is 17.7 Å². The summed E-state index contributed by atoms with van der Waals surface area (Å²) < 4.78 is 5.22. The molecule has 2 N–H and O–H groups in total. The van der Waals surface area contributed by atoms with Gasteiger partial charge in [-0.2, -0.15) is 0 Å². The van der Waals surface area contributed by atoms with Crippen LogP contribution in [0.1, 0.15) is 16.1 Å². The van der Waals surface area contributed by atoms with Gasteiger partial charge in [-0.15, -0.1) is 10.2 Å². The van der Waals surface area contributed by atoms with Crippen LogP contribution in [0.2, 0.25) is 0 Å². The highest BCUT2D eigenvalue weighted by Crippen LogP contribution is 2.23. The summed E-state index contributed by atoms with van der Waals surface area (Å²) in [6.45, 7) is 2.03. The first kappa shape index (κ1) is 16.4. The quantitative estimate of drug-likeness (QED) is 0.742. The van der Waals surface area contributed by atoms with Crippen molar-refractivity contribution < 1.29 is 9.53 Å². The number of aryl methyl sites for hydroxylation is 1. The summed E-state index contributed by atoms with van der Waals surface area (Å²) in [7, 11) is 1.55. The molecule has 0 saturated heterocycles. The molecule has 0 fully saturated rings. The highest BCUT2D eigenvalue weighted by atomic mass is 16.5. The minimum Gasteiger partial charge on any atom is -0.495 e. The Kier molecular flexibility index (Phi) is 4.89. The molecule has 2 aromatic carbocycles. The summed E-state index contributed by atoms with van der Waals surface area (Å²) in [6, 6.07) is 18.4. The SMILES string of the molecule is COc1ccccc1NC(=O)c1ccc(Nc2ccc(C)cc2)nn1. The summed E-state index contributed by atoms with van der Waals surface area (Å²) in [5, 5.41) is 13.9. The smallest absolute Gasteiger partial charge is 0.276 e. The van der Waals surface area contributed by atoms with Gasteiger partial charge >= 0.3 is 0 Å². The molecule has 6 nitrogen and oxygen atoms in total. The van der Waals surface area contributed by atoms with E-state index in [4.69, 9.17) is 4.74 Å². The zero-order valence-electron chi connectivity index (χ0n) is 14.0.